The molecule has 2 bridgehead atoms. The highest BCUT2D eigenvalue weighted by Gasteiger charge is 2.52. The third kappa shape index (κ3) is 2.03. The number of carbonyl (C=O) groups is 1. The zero-order valence-electron chi connectivity index (χ0n) is 11.5. The highest BCUT2D eigenvalue weighted by molar-refractivity contribution is 5.91. The zero-order valence-corrected chi connectivity index (χ0v) is 11.5. The van der Waals surface area contributed by atoms with E-state index in [4.69, 9.17) is 9.26 Å². The lowest BCUT2D eigenvalue weighted by atomic mass is 9.82. The zero-order chi connectivity index (χ0) is 13.7. The average Bonchev–Trinajstić information content (AvgIpc) is 3.10. The molecule has 0 saturated carbocycles. The summed E-state index contributed by atoms with van der Waals surface area (Å²) >= 11 is 0. The van der Waals surface area contributed by atoms with E-state index in [0.29, 0.717) is 42.2 Å². The number of hydrogen-bond donors (Lipinski definition) is 1. The molecule has 4 heterocycles. The predicted molar refractivity (Wildman–Crippen MR) is 71.2 cm³/mol. The quantitative estimate of drug-likeness (QED) is 0.894. The van der Waals surface area contributed by atoms with E-state index in [1.807, 2.05) is 0 Å². The van der Waals surface area contributed by atoms with Gasteiger partial charge < -0.3 is 14.6 Å². The van der Waals surface area contributed by atoms with Crippen LogP contribution in [0.3, 0.4) is 0 Å². The first kappa shape index (κ1) is 12.3. The molecule has 0 spiro atoms. The number of amides is 1. The van der Waals surface area contributed by atoms with Gasteiger partial charge in [0.05, 0.1) is 18.8 Å². The van der Waals surface area contributed by atoms with Crippen LogP contribution in [0.4, 0.5) is 5.82 Å². The molecule has 3 saturated heterocycles. The number of carbonyl (C=O) groups excluding carboxylic acids is 1. The van der Waals surface area contributed by atoms with Crippen LogP contribution in [0.5, 0.6) is 0 Å². The minimum atomic E-state index is -0.0217. The van der Waals surface area contributed by atoms with Crippen molar-refractivity contribution in [3.05, 3.63) is 11.8 Å². The Kier molecular flexibility index (Phi) is 2.82. The monoisotopic (exact) mass is 277 g/mol. The van der Waals surface area contributed by atoms with Gasteiger partial charge in [0.1, 0.15) is 5.76 Å². The molecule has 1 amide bonds. The minimum absolute atomic E-state index is 0.0217. The van der Waals surface area contributed by atoms with E-state index in [1.54, 1.807) is 13.0 Å². The number of aromatic nitrogens is 1. The number of nitrogens with zero attached hydrogens (tertiary/aromatic N) is 2. The van der Waals surface area contributed by atoms with E-state index in [0.717, 1.165) is 13.1 Å². The number of fused-ring (bicyclic) bond motifs is 5. The lowest BCUT2D eigenvalue weighted by molar-refractivity contribution is -0.117. The number of rotatable bonds is 3. The van der Waals surface area contributed by atoms with Crippen molar-refractivity contribution >= 4 is 11.7 Å². The maximum Gasteiger partial charge on any atom is 0.239 e. The van der Waals surface area contributed by atoms with Crippen molar-refractivity contribution in [3.8, 4) is 0 Å². The van der Waals surface area contributed by atoms with Gasteiger partial charge in [0.15, 0.2) is 5.82 Å². The largest absolute Gasteiger partial charge is 0.374 e. The fourth-order valence-corrected chi connectivity index (χ4v) is 3.99. The standard InChI is InChI=1S/C14H19N3O3/c1-8-4-13(16-20-8)15-14(18)7-17-5-9-10(6-17)12-3-2-11(9)19-12/h4,9-12H,2-3,5-7H2,1H3,(H,15,16,18)/t9-,10-,11+,12+/m0/s1. The van der Waals surface area contributed by atoms with E-state index in [2.05, 4.69) is 15.4 Å². The predicted octanol–water partition coefficient (Wildman–Crippen LogP) is 1.03. The third-order valence-corrected chi connectivity index (χ3v) is 4.79. The summed E-state index contributed by atoms with van der Waals surface area (Å²) in [5.41, 5.74) is 0. The van der Waals surface area contributed by atoms with Crippen molar-refractivity contribution in [2.45, 2.75) is 32.0 Å². The lowest BCUT2D eigenvalue weighted by Gasteiger charge is -2.18. The molecule has 0 aromatic carbocycles. The molecule has 1 N–H and O–H groups in total. The first-order valence-corrected chi connectivity index (χ1v) is 7.30. The van der Waals surface area contributed by atoms with Crippen molar-refractivity contribution in [2.24, 2.45) is 11.8 Å². The summed E-state index contributed by atoms with van der Waals surface area (Å²) in [4.78, 5) is 14.3. The van der Waals surface area contributed by atoms with E-state index >= 15 is 0 Å². The van der Waals surface area contributed by atoms with Crippen LogP contribution in [0.1, 0.15) is 18.6 Å². The molecule has 0 unspecified atom stereocenters. The number of likely N-dealkylation sites (tertiary alicyclic amines) is 1. The Labute approximate surface area is 117 Å². The van der Waals surface area contributed by atoms with Crippen LogP contribution in [0.15, 0.2) is 10.6 Å². The summed E-state index contributed by atoms with van der Waals surface area (Å²) in [6, 6.07) is 1.73. The number of ether oxygens (including phenoxy) is 1. The molecule has 4 atom stereocenters. The van der Waals surface area contributed by atoms with Crippen LogP contribution in [-0.4, -0.2) is 47.8 Å². The summed E-state index contributed by atoms with van der Waals surface area (Å²) in [6.45, 7) is 4.20. The summed E-state index contributed by atoms with van der Waals surface area (Å²) in [6.07, 6.45) is 3.28. The first-order chi connectivity index (χ1) is 9.69. The molecule has 1 aromatic rings. The Morgan fingerprint density at radius 1 is 1.40 bits per heavy atom. The topological polar surface area (TPSA) is 67.6 Å². The van der Waals surface area contributed by atoms with Gasteiger partial charge in [-0.25, -0.2) is 0 Å². The molecule has 1 aromatic heterocycles. The van der Waals surface area contributed by atoms with E-state index in [1.165, 1.54) is 12.8 Å². The number of hydrogen-bond acceptors (Lipinski definition) is 5. The first-order valence-electron chi connectivity index (χ1n) is 7.30. The second kappa shape index (κ2) is 4.56. The molecule has 3 fully saturated rings. The smallest absolute Gasteiger partial charge is 0.239 e. The molecule has 6 heteroatoms. The van der Waals surface area contributed by atoms with Crippen molar-refractivity contribution < 1.29 is 14.1 Å². The Morgan fingerprint density at radius 2 is 2.10 bits per heavy atom. The third-order valence-electron chi connectivity index (χ3n) is 4.79. The fourth-order valence-electron chi connectivity index (χ4n) is 3.99. The van der Waals surface area contributed by atoms with Gasteiger partial charge in [-0.15, -0.1) is 0 Å². The molecule has 0 radical (unpaired) electrons. The molecular formula is C14H19N3O3. The maximum absolute atomic E-state index is 12.0. The molecule has 20 heavy (non-hydrogen) atoms. The van der Waals surface area contributed by atoms with Crippen molar-refractivity contribution in [1.82, 2.24) is 10.1 Å². The van der Waals surface area contributed by atoms with Crippen molar-refractivity contribution in [2.75, 3.05) is 25.0 Å². The number of nitrogens with one attached hydrogen (secondary N) is 1. The van der Waals surface area contributed by atoms with E-state index < -0.39 is 0 Å². The molecule has 108 valence electrons. The van der Waals surface area contributed by atoms with Gasteiger partial charge in [0, 0.05) is 31.0 Å². The molecule has 6 nitrogen and oxygen atoms in total. The van der Waals surface area contributed by atoms with Crippen LogP contribution >= 0.6 is 0 Å². The molecule has 3 aliphatic rings. The fraction of sp³-hybridized carbons (Fsp3) is 0.714. The Morgan fingerprint density at radius 3 is 2.70 bits per heavy atom. The molecule has 3 aliphatic heterocycles. The normalized spacial score (nSPS) is 35.5. The highest BCUT2D eigenvalue weighted by atomic mass is 16.5. The molecule has 0 aliphatic carbocycles. The number of aryl methyl sites for hydroxylation is 1. The van der Waals surface area contributed by atoms with Gasteiger partial charge >= 0.3 is 0 Å². The van der Waals surface area contributed by atoms with Gasteiger partial charge in [-0.2, -0.15) is 0 Å². The summed E-state index contributed by atoms with van der Waals surface area (Å²) < 4.78 is 10.9. The van der Waals surface area contributed by atoms with Crippen LogP contribution in [0.2, 0.25) is 0 Å². The minimum Gasteiger partial charge on any atom is -0.374 e. The number of anilines is 1. The van der Waals surface area contributed by atoms with Gasteiger partial charge in [-0.05, 0) is 19.8 Å². The Bertz CT molecular complexity index is 511. The van der Waals surface area contributed by atoms with Crippen LogP contribution in [0, 0.1) is 18.8 Å². The van der Waals surface area contributed by atoms with Gasteiger partial charge in [-0.3, -0.25) is 9.69 Å². The Balaban J connectivity index is 1.33. The molecule has 4 rings (SSSR count). The summed E-state index contributed by atoms with van der Waals surface area (Å²) in [5, 5.41) is 6.55. The average molecular weight is 277 g/mol. The highest BCUT2D eigenvalue weighted by Crippen LogP contribution is 2.46. The lowest BCUT2D eigenvalue weighted by Crippen LogP contribution is -2.33. The summed E-state index contributed by atoms with van der Waals surface area (Å²) in [7, 11) is 0. The second-order valence-electron chi connectivity index (χ2n) is 6.18. The van der Waals surface area contributed by atoms with Crippen molar-refractivity contribution in [3.63, 3.8) is 0 Å². The second-order valence-corrected chi connectivity index (χ2v) is 6.18. The van der Waals surface area contributed by atoms with Gasteiger partial charge in [0.25, 0.3) is 0 Å². The van der Waals surface area contributed by atoms with E-state index in [-0.39, 0.29) is 5.91 Å². The van der Waals surface area contributed by atoms with Gasteiger partial charge in [-0.1, -0.05) is 5.16 Å². The van der Waals surface area contributed by atoms with Gasteiger partial charge in [0.2, 0.25) is 5.91 Å². The van der Waals surface area contributed by atoms with Crippen LogP contribution < -0.4 is 5.32 Å². The maximum atomic E-state index is 12.0. The molecular weight excluding hydrogens is 258 g/mol. The summed E-state index contributed by atoms with van der Waals surface area (Å²) in [5.74, 6) is 2.44. The SMILES string of the molecule is Cc1cc(NC(=O)CN2C[C@H]3[C@H](C2)[C@H]2CC[C@H]3O2)no1. The van der Waals surface area contributed by atoms with E-state index in [9.17, 15) is 4.79 Å². The van der Waals surface area contributed by atoms with Crippen molar-refractivity contribution in [1.29, 1.82) is 0 Å². The van der Waals surface area contributed by atoms with Crippen LogP contribution in [-0.2, 0) is 9.53 Å². The van der Waals surface area contributed by atoms with Crippen LogP contribution in [0.25, 0.3) is 0 Å². The Hall–Kier alpha value is -1.40.